The standard InChI is InChI=1S/C19H17F3N2O2S/c1-3-9-24-15-11-14(26-2)7-8-16(15)27-18(24)23-17(25)12-5-4-6-13(10-12)19(20,21)22/h4-8,10-11H,3,9H2,1-2H3. The molecule has 0 unspecified atom stereocenters. The molecule has 3 aromatic rings. The second-order valence-corrected chi connectivity index (χ2v) is 6.87. The van der Waals surface area contributed by atoms with Crippen LogP contribution in [0.4, 0.5) is 13.2 Å². The highest BCUT2D eigenvalue weighted by atomic mass is 32.1. The molecule has 1 heterocycles. The van der Waals surface area contributed by atoms with Crippen LogP contribution in [0.5, 0.6) is 5.75 Å². The number of halogens is 3. The molecule has 0 spiro atoms. The Morgan fingerprint density at radius 3 is 2.67 bits per heavy atom. The normalized spacial score (nSPS) is 12.6. The summed E-state index contributed by atoms with van der Waals surface area (Å²) in [4.78, 5) is 17.0. The molecule has 0 aliphatic rings. The molecule has 0 radical (unpaired) electrons. The van der Waals surface area contributed by atoms with Gasteiger partial charge >= 0.3 is 6.18 Å². The van der Waals surface area contributed by atoms with E-state index in [-0.39, 0.29) is 5.56 Å². The van der Waals surface area contributed by atoms with E-state index in [1.165, 1.54) is 23.5 Å². The number of hydrogen-bond acceptors (Lipinski definition) is 3. The third kappa shape index (κ3) is 4.05. The van der Waals surface area contributed by atoms with Crippen LogP contribution in [-0.4, -0.2) is 17.6 Å². The molecule has 3 rings (SSSR count). The van der Waals surface area contributed by atoms with Gasteiger partial charge in [-0.2, -0.15) is 18.2 Å². The predicted molar refractivity (Wildman–Crippen MR) is 98.0 cm³/mol. The van der Waals surface area contributed by atoms with E-state index in [4.69, 9.17) is 4.74 Å². The summed E-state index contributed by atoms with van der Waals surface area (Å²) in [6, 6.07) is 9.84. The molecule has 0 saturated carbocycles. The van der Waals surface area contributed by atoms with Gasteiger partial charge < -0.3 is 9.30 Å². The zero-order valence-corrected chi connectivity index (χ0v) is 15.5. The predicted octanol–water partition coefficient (Wildman–Crippen LogP) is 4.88. The highest BCUT2D eigenvalue weighted by Gasteiger charge is 2.30. The van der Waals surface area contributed by atoms with Crippen molar-refractivity contribution in [2.75, 3.05) is 7.11 Å². The van der Waals surface area contributed by atoms with Gasteiger partial charge in [0.25, 0.3) is 5.91 Å². The van der Waals surface area contributed by atoms with Gasteiger partial charge in [-0.15, -0.1) is 0 Å². The van der Waals surface area contributed by atoms with E-state index in [1.54, 1.807) is 7.11 Å². The summed E-state index contributed by atoms with van der Waals surface area (Å²) >= 11 is 1.31. The fourth-order valence-electron chi connectivity index (χ4n) is 2.68. The first kappa shape index (κ1) is 19.2. The molecular weight excluding hydrogens is 377 g/mol. The number of hydrogen-bond donors (Lipinski definition) is 0. The lowest BCUT2D eigenvalue weighted by atomic mass is 10.1. The van der Waals surface area contributed by atoms with Gasteiger partial charge in [-0.1, -0.05) is 24.3 Å². The number of ether oxygens (including phenoxy) is 1. The van der Waals surface area contributed by atoms with Crippen molar-refractivity contribution in [2.24, 2.45) is 4.99 Å². The number of thiazole rings is 1. The molecule has 1 amide bonds. The van der Waals surface area contributed by atoms with Crippen LogP contribution < -0.4 is 9.54 Å². The van der Waals surface area contributed by atoms with Crippen molar-refractivity contribution in [3.05, 3.63) is 58.4 Å². The molecule has 0 fully saturated rings. The lowest BCUT2D eigenvalue weighted by Gasteiger charge is -2.07. The first-order valence-electron chi connectivity index (χ1n) is 8.27. The number of benzene rings is 2. The number of amides is 1. The zero-order valence-electron chi connectivity index (χ0n) is 14.7. The van der Waals surface area contributed by atoms with Crippen molar-refractivity contribution in [2.45, 2.75) is 26.1 Å². The van der Waals surface area contributed by atoms with E-state index in [9.17, 15) is 18.0 Å². The van der Waals surface area contributed by atoms with Gasteiger partial charge in [0, 0.05) is 18.2 Å². The van der Waals surface area contributed by atoms with Crippen LogP contribution in [0.3, 0.4) is 0 Å². The second kappa shape index (κ2) is 7.56. The van der Waals surface area contributed by atoms with Crippen molar-refractivity contribution in [3.63, 3.8) is 0 Å². The highest BCUT2D eigenvalue weighted by Crippen LogP contribution is 2.29. The minimum atomic E-state index is -4.51. The molecule has 0 N–H and O–H groups in total. The van der Waals surface area contributed by atoms with Crippen molar-refractivity contribution >= 4 is 27.5 Å². The van der Waals surface area contributed by atoms with E-state index in [0.29, 0.717) is 17.1 Å². The number of rotatable bonds is 4. The topological polar surface area (TPSA) is 43.6 Å². The quantitative estimate of drug-likeness (QED) is 0.633. The van der Waals surface area contributed by atoms with Crippen LogP contribution in [0, 0.1) is 0 Å². The molecule has 0 atom stereocenters. The fraction of sp³-hybridized carbons (Fsp3) is 0.263. The summed E-state index contributed by atoms with van der Waals surface area (Å²) in [6.45, 7) is 2.62. The molecule has 142 valence electrons. The van der Waals surface area contributed by atoms with Gasteiger partial charge in [-0.05, 0) is 36.8 Å². The van der Waals surface area contributed by atoms with E-state index in [1.807, 2.05) is 29.7 Å². The summed E-state index contributed by atoms with van der Waals surface area (Å²) in [5.74, 6) is -0.0228. The van der Waals surface area contributed by atoms with Gasteiger partial charge in [0.05, 0.1) is 22.9 Å². The molecule has 2 aromatic carbocycles. The van der Waals surface area contributed by atoms with Crippen molar-refractivity contribution in [1.82, 2.24) is 4.57 Å². The van der Waals surface area contributed by atoms with Gasteiger partial charge in [-0.3, -0.25) is 4.79 Å². The molecule has 27 heavy (non-hydrogen) atoms. The Kier molecular flexibility index (Phi) is 5.36. The van der Waals surface area contributed by atoms with E-state index < -0.39 is 17.6 Å². The SMILES string of the molecule is CCCn1c(=NC(=O)c2cccc(C(F)(F)F)c2)sc2ccc(OC)cc21. The fourth-order valence-corrected chi connectivity index (χ4v) is 3.72. The van der Waals surface area contributed by atoms with Crippen molar-refractivity contribution < 1.29 is 22.7 Å². The maximum atomic E-state index is 12.9. The van der Waals surface area contributed by atoms with Crippen LogP contribution in [0.15, 0.2) is 47.5 Å². The first-order valence-corrected chi connectivity index (χ1v) is 9.09. The molecular formula is C19H17F3N2O2S. The highest BCUT2D eigenvalue weighted by molar-refractivity contribution is 7.16. The lowest BCUT2D eigenvalue weighted by molar-refractivity contribution is -0.137. The average Bonchev–Trinajstić information content (AvgIpc) is 2.98. The summed E-state index contributed by atoms with van der Waals surface area (Å²) in [6.07, 6.45) is -3.69. The number of alkyl halides is 3. The maximum absolute atomic E-state index is 12.9. The average molecular weight is 394 g/mol. The third-order valence-electron chi connectivity index (χ3n) is 3.97. The summed E-state index contributed by atoms with van der Waals surface area (Å²) in [5.41, 5.74) is -0.0919. The minimum Gasteiger partial charge on any atom is -0.497 e. The summed E-state index contributed by atoms with van der Waals surface area (Å²) in [7, 11) is 1.57. The van der Waals surface area contributed by atoms with Gasteiger partial charge in [0.1, 0.15) is 5.75 Å². The summed E-state index contributed by atoms with van der Waals surface area (Å²) in [5, 5.41) is 0. The van der Waals surface area contributed by atoms with E-state index in [2.05, 4.69) is 4.99 Å². The molecule has 8 heteroatoms. The van der Waals surface area contributed by atoms with Crippen LogP contribution in [-0.2, 0) is 12.7 Å². The monoisotopic (exact) mass is 394 g/mol. The van der Waals surface area contributed by atoms with Crippen LogP contribution in [0.1, 0.15) is 29.3 Å². The smallest absolute Gasteiger partial charge is 0.416 e. The Labute approximate surface area is 157 Å². The molecule has 1 aromatic heterocycles. The van der Waals surface area contributed by atoms with Crippen molar-refractivity contribution in [1.29, 1.82) is 0 Å². The number of fused-ring (bicyclic) bond motifs is 1. The molecule has 0 aliphatic carbocycles. The van der Waals surface area contributed by atoms with Gasteiger partial charge in [0.15, 0.2) is 4.80 Å². The molecule has 0 aliphatic heterocycles. The van der Waals surface area contributed by atoms with E-state index in [0.717, 1.165) is 28.8 Å². The molecule has 4 nitrogen and oxygen atoms in total. The number of aromatic nitrogens is 1. The number of carbonyl (C=O) groups is 1. The number of nitrogens with zero attached hydrogens (tertiary/aromatic N) is 2. The second-order valence-electron chi connectivity index (χ2n) is 5.87. The van der Waals surface area contributed by atoms with E-state index >= 15 is 0 Å². The Hall–Kier alpha value is -2.61. The lowest BCUT2D eigenvalue weighted by Crippen LogP contribution is -2.17. The first-order chi connectivity index (χ1) is 12.8. The molecule has 0 bridgehead atoms. The molecule has 0 saturated heterocycles. The number of carbonyl (C=O) groups excluding carboxylic acids is 1. The number of methoxy groups -OCH3 is 1. The Balaban J connectivity index is 2.10. The minimum absolute atomic E-state index is 0.0945. The Morgan fingerprint density at radius 2 is 2.00 bits per heavy atom. The Bertz CT molecular complexity index is 1050. The van der Waals surface area contributed by atoms with Crippen LogP contribution in [0.25, 0.3) is 10.2 Å². The van der Waals surface area contributed by atoms with Crippen LogP contribution >= 0.6 is 11.3 Å². The van der Waals surface area contributed by atoms with Crippen molar-refractivity contribution in [3.8, 4) is 5.75 Å². The largest absolute Gasteiger partial charge is 0.497 e. The van der Waals surface area contributed by atoms with Crippen LogP contribution in [0.2, 0.25) is 0 Å². The third-order valence-corrected chi connectivity index (χ3v) is 5.03. The number of aryl methyl sites for hydroxylation is 1. The van der Waals surface area contributed by atoms with Gasteiger partial charge in [-0.25, -0.2) is 0 Å². The maximum Gasteiger partial charge on any atom is 0.416 e. The summed E-state index contributed by atoms with van der Waals surface area (Å²) < 4.78 is 46.7. The zero-order chi connectivity index (χ0) is 19.6. The van der Waals surface area contributed by atoms with Gasteiger partial charge in [0.2, 0.25) is 0 Å². The Morgan fingerprint density at radius 1 is 1.22 bits per heavy atom.